The first kappa shape index (κ1) is 13.7. The molecule has 1 aliphatic rings. The summed E-state index contributed by atoms with van der Waals surface area (Å²) in [6.07, 6.45) is 1.66. The Bertz CT molecular complexity index is 248. The molecule has 0 spiro atoms. The van der Waals surface area contributed by atoms with Crippen LogP contribution < -0.4 is 0 Å². The lowest BCUT2D eigenvalue weighted by Gasteiger charge is -2.25. The fraction of sp³-hybridized carbons (Fsp3) is 0.769. The zero-order valence-corrected chi connectivity index (χ0v) is 11.8. The molecule has 0 aromatic heterocycles. The van der Waals surface area contributed by atoms with Gasteiger partial charge in [-0.1, -0.05) is 44.6 Å². The summed E-state index contributed by atoms with van der Waals surface area (Å²) in [6.45, 7) is 8.42. The minimum absolute atomic E-state index is 0.369. The second-order valence-corrected chi connectivity index (χ2v) is 9.89. The molecule has 92 valence electrons. The highest BCUT2D eigenvalue weighted by Crippen LogP contribution is 2.29. The number of aldehydes is 1. The van der Waals surface area contributed by atoms with Crippen LogP contribution >= 0.6 is 0 Å². The Morgan fingerprint density at radius 2 is 1.94 bits per heavy atom. The summed E-state index contributed by atoms with van der Waals surface area (Å²) in [6, 6.07) is 3.91. The number of hydrogen-bond donors (Lipinski definition) is 0. The van der Waals surface area contributed by atoms with Crippen molar-refractivity contribution in [1.82, 2.24) is 0 Å². The van der Waals surface area contributed by atoms with E-state index in [9.17, 15) is 4.79 Å². The molecule has 1 unspecified atom stereocenters. The van der Waals surface area contributed by atoms with Crippen LogP contribution in [0.3, 0.4) is 0 Å². The monoisotopic (exact) mass is 240 g/mol. The second-order valence-electron chi connectivity index (χ2n) is 4.76. The number of carbonyl (C=O) groups is 1. The lowest BCUT2D eigenvalue weighted by atomic mass is 10.0. The zero-order chi connectivity index (χ0) is 12.0. The molecular weight excluding hydrogens is 216 g/mol. The van der Waals surface area contributed by atoms with Crippen molar-refractivity contribution >= 4 is 14.4 Å². The Hall–Kier alpha value is -0.413. The van der Waals surface area contributed by atoms with Gasteiger partial charge in [-0.05, 0) is 5.57 Å². The van der Waals surface area contributed by atoms with Crippen LogP contribution in [0.4, 0.5) is 0 Å². The Balaban J connectivity index is 2.83. The summed E-state index contributed by atoms with van der Waals surface area (Å²) in [5, 5.41) is 0. The molecular formula is C13H24O2Si. The maximum atomic E-state index is 10.6. The molecule has 1 aliphatic heterocycles. The third-order valence-electron chi connectivity index (χ3n) is 4.10. The standard InChI is InChI=1S/C13H24O2Si/c1-4-16(5-2,6-3)11-13-10-15-9-12(13)7-8-14/h8,11-12H,4-7,9-10H2,1-3H3/b13-11+. The van der Waals surface area contributed by atoms with Crippen LogP contribution in [0.15, 0.2) is 11.3 Å². The van der Waals surface area contributed by atoms with E-state index < -0.39 is 8.07 Å². The SMILES string of the molecule is CC[Si](/C=C1\COCC1CC=O)(CC)CC. The Morgan fingerprint density at radius 1 is 1.31 bits per heavy atom. The highest BCUT2D eigenvalue weighted by Gasteiger charge is 2.29. The molecule has 0 N–H and O–H groups in total. The van der Waals surface area contributed by atoms with E-state index in [1.165, 1.54) is 23.7 Å². The van der Waals surface area contributed by atoms with Gasteiger partial charge in [0.25, 0.3) is 0 Å². The van der Waals surface area contributed by atoms with Gasteiger partial charge in [-0.3, -0.25) is 0 Å². The van der Waals surface area contributed by atoms with Crippen LogP contribution in [0.1, 0.15) is 27.2 Å². The molecule has 0 aliphatic carbocycles. The maximum absolute atomic E-state index is 10.6. The largest absolute Gasteiger partial charge is 0.376 e. The van der Waals surface area contributed by atoms with E-state index >= 15 is 0 Å². The van der Waals surface area contributed by atoms with Crippen molar-refractivity contribution in [2.45, 2.75) is 45.3 Å². The molecule has 16 heavy (non-hydrogen) atoms. The van der Waals surface area contributed by atoms with E-state index in [4.69, 9.17) is 4.74 Å². The number of carbonyl (C=O) groups excluding carboxylic acids is 1. The van der Waals surface area contributed by atoms with Crippen molar-refractivity contribution < 1.29 is 9.53 Å². The summed E-state index contributed by atoms with van der Waals surface area (Å²) in [5.74, 6) is 0.369. The van der Waals surface area contributed by atoms with E-state index in [1.807, 2.05) is 0 Å². The molecule has 0 aromatic carbocycles. The minimum Gasteiger partial charge on any atom is -0.376 e. The fourth-order valence-electron chi connectivity index (χ4n) is 2.49. The van der Waals surface area contributed by atoms with Crippen LogP contribution in [0, 0.1) is 5.92 Å². The fourth-order valence-corrected chi connectivity index (χ4v) is 5.71. The van der Waals surface area contributed by atoms with Gasteiger partial charge in [0.1, 0.15) is 6.29 Å². The molecule has 1 atom stereocenters. The van der Waals surface area contributed by atoms with Gasteiger partial charge in [-0.15, -0.1) is 0 Å². The minimum atomic E-state index is -1.21. The third kappa shape index (κ3) is 3.05. The Morgan fingerprint density at radius 3 is 2.44 bits per heavy atom. The van der Waals surface area contributed by atoms with Gasteiger partial charge in [0.2, 0.25) is 0 Å². The quantitative estimate of drug-likeness (QED) is 0.526. The van der Waals surface area contributed by atoms with E-state index in [1.54, 1.807) is 0 Å². The van der Waals surface area contributed by atoms with Gasteiger partial charge in [0.05, 0.1) is 21.3 Å². The van der Waals surface area contributed by atoms with E-state index in [0.29, 0.717) is 12.3 Å². The summed E-state index contributed by atoms with van der Waals surface area (Å²) in [7, 11) is -1.21. The smallest absolute Gasteiger partial charge is 0.120 e. The van der Waals surface area contributed by atoms with Crippen LogP contribution in [0.2, 0.25) is 18.1 Å². The summed E-state index contributed by atoms with van der Waals surface area (Å²) < 4.78 is 5.50. The maximum Gasteiger partial charge on any atom is 0.120 e. The van der Waals surface area contributed by atoms with Crippen molar-refractivity contribution in [2.75, 3.05) is 13.2 Å². The van der Waals surface area contributed by atoms with E-state index in [0.717, 1.165) is 19.5 Å². The molecule has 1 heterocycles. The molecule has 2 nitrogen and oxygen atoms in total. The van der Waals surface area contributed by atoms with Crippen molar-refractivity contribution in [2.24, 2.45) is 5.92 Å². The van der Waals surface area contributed by atoms with Crippen LogP contribution in [-0.4, -0.2) is 27.6 Å². The Kier molecular flexibility index (Phi) is 5.42. The zero-order valence-electron chi connectivity index (χ0n) is 10.8. The molecule has 3 heteroatoms. The molecule has 0 amide bonds. The number of rotatable bonds is 6. The van der Waals surface area contributed by atoms with Crippen molar-refractivity contribution in [3.63, 3.8) is 0 Å². The predicted molar refractivity (Wildman–Crippen MR) is 70.3 cm³/mol. The van der Waals surface area contributed by atoms with Crippen LogP contribution in [-0.2, 0) is 9.53 Å². The summed E-state index contributed by atoms with van der Waals surface area (Å²) in [4.78, 5) is 10.6. The van der Waals surface area contributed by atoms with E-state index in [2.05, 4.69) is 26.5 Å². The molecule has 1 rings (SSSR count). The lowest BCUT2D eigenvalue weighted by Crippen LogP contribution is -2.30. The van der Waals surface area contributed by atoms with Crippen molar-refractivity contribution in [3.05, 3.63) is 11.3 Å². The van der Waals surface area contributed by atoms with Gasteiger partial charge in [0, 0.05) is 12.3 Å². The van der Waals surface area contributed by atoms with Gasteiger partial charge in [-0.25, -0.2) is 0 Å². The normalized spacial score (nSPS) is 23.9. The summed E-state index contributed by atoms with van der Waals surface area (Å²) in [5.41, 5.74) is 3.94. The highest BCUT2D eigenvalue weighted by molar-refractivity contribution is 6.84. The van der Waals surface area contributed by atoms with Crippen molar-refractivity contribution in [3.8, 4) is 0 Å². The summed E-state index contributed by atoms with van der Waals surface area (Å²) >= 11 is 0. The average Bonchev–Trinajstić information content (AvgIpc) is 2.74. The van der Waals surface area contributed by atoms with Gasteiger partial charge in [-0.2, -0.15) is 0 Å². The first-order valence-corrected chi connectivity index (χ1v) is 9.14. The predicted octanol–water partition coefficient (Wildman–Crippen LogP) is 3.20. The third-order valence-corrected chi connectivity index (χ3v) is 9.30. The number of ether oxygens (including phenoxy) is 1. The van der Waals surface area contributed by atoms with E-state index in [-0.39, 0.29) is 0 Å². The second kappa shape index (κ2) is 6.35. The lowest BCUT2D eigenvalue weighted by molar-refractivity contribution is -0.108. The molecule has 0 aromatic rings. The average molecular weight is 240 g/mol. The Labute approximate surface area is 100 Å². The first-order chi connectivity index (χ1) is 7.71. The van der Waals surface area contributed by atoms with Gasteiger partial charge >= 0.3 is 0 Å². The molecule has 1 saturated heterocycles. The van der Waals surface area contributed by atoms with Crippen molar-refractivity contribution in [1.29, 1.82) is 0 Å². The van der Waals surface area contributed by atoms with Gasteiger partial charge in [0.15, 0.2) is 0 Å². The highest BCUT2D eigenvalue weighted by atomic mass is 28.3. The van der Waals surface area contributed by atoms with Gasteiger partial charge < -0.3 is 9.53 Å². The first-order valence-electron chi connectivity index (χ1n) is 6.44. The van der Waals surface area contributed by atoms with Crippen LogP contribution in [0.5, 0.6) is 0 Å². The van der Waals surface area contributed by atoms with Crippen LogP contribution in [0.25, 0.3) is 0 Å². The molecule has 1 fully saturated rings. The topological polar surface area (TPSA) is 26.3 Å². The molecule has 0 bridgehead atoms. The molecule has 0 saturated carbocycles. The number of hydrogen-bond acceptors (Lipinski definition) is 2. The molecule has 0 radical (unpaired) electrons.